The van der Waals surface area contributed by atoms with Crippen molar-refractivity contribution < 1.29 is 4.79 Å². The van der Waals surface area contributed by atoms with Crippen molar-refractivity contribution in [3.8, 4) is 0 Å². The number of hydrogen-bond donors (Lipinski definition) is 1. The minimum Gasteiger partial charge on any atom is -0.321 e. The summed E-state index contributed by atoms with van der Waals surface area (Å²) in [6.45, 7) is 12.7. The van der Waals surface area contributed by atoms with Crippen molar-refractivity contribution in [2.24, 2.45) is 0 Å². The van der Waals surface area contributed by atoms with Crippen molar-refractivity contribution in [1.29, 1.82) is 0 Å². The van der Waals surface area contributed by atoms with Crippen LogP contribution in [0.4, 0.5) is 10.5 Å². The second-order valence-corrected chi connectivity index (χ2v) is 6.80. The van der Waals surface area contributed by atoms with Crippen LogP contribution in [0.1, 0.15) is 52.0 Å². The Morgan fingerprint density at radius 2 is 1.74 bits per heavy atom. The molecule has 0 unspecified atom stereocenters. The second-order valence-electron chi connectivity index (χ2n) is 6.80. The lowest BCUT2D eigenvalue weighted by atomic mass is 10.0. The molecule has 1 fully saturated rings. The number of carbonyl (C=O) groups is 1. The van der Waals surface area contributed by atoms with Gasteiger partial charge in [0.25, 0.3) is 0 Å². The van der Waals surface area contributed by atoms with Gasteiger partial charge in [-0.1, -0.05) is 39.8 Å². The third kappa shape index (κ3) is 4.71. The molecule has 1 aromatic carbocycles. The summed E-state index contributed by atoms with van der Waals surface area (Å²) in [4.78, 5) is 16.7. The molecule has 2 amide bonds. The molecule has 4 heteroatoms. The van der Waals surface area contributed by atoms with E-state index in [-0.39, 0.29) is 6.03 Å². The Labute approximate surface area is 140 Å². The Hall–Kier alpha value is -1.55. The number of rotatable bonds is 7. The summed E-state index contributed by atoms with van der Waals surface area (Å²) >= 11 is 0. The van der Waals surface area contributed by atoms with Gasteiger partial charge in [0.2, 0.25) is 0 Å². The third-order valence-electron chi connectivity index (χ3n) is 4.52. The molecule has 1 N–H and O–H groups in total. The van der Waals surface area contributed by atoms with E-state index >= 15 is 0 Å². The van der Waals surface area contributed by atoms with Crippen LogP contribution in [-0.2, 0) is 0 Å². The summed E-state index contributed by atoms with van der Waals surface area (Å²) in [6, 6.07) is 8.71. The molecule has 0 radical (unpaired) electrons. The fourth-order valence-corrected chi connectivity index (χ4v) is 3.06. The summed E-state index contributed by atoms with van der Waals surface area (Å²) in [7, 11) is 0. The van der Waals surface area contributed by atoms with Crippen molar-refractivity contribution in [2.75, 3.05) is 31.5 Å². The van der Waals surface area contributed by atoms with E-state index in [4.69, 9.17) is 0 Å². The number of carbonyl (C=O) groups excluding carboxylic acids is 1. The highest BCUT2D eigenvalue weighted by atomic mass is 16.2. The number of amides is 2. The zero-order chi connectivity index (χ0) is 16.8. The number of benzene rings is 1. The molecule has 128 valence electrons. The molecule has 1 heterocycles. The lowest BCUT2D eigenvalue weighted by molar-refractivity contribution is 0.0614. The van der Waals surface area contributed by atoms with Crippen molar-refractivity contribution >= 4 is 11.7 Å². The first kappa shape index (κ1) is 17.8. The summed E-state index contributed by atoms with van der Waals surface area (Å²) in [5.74, 6) is 0.513. The van der Waals surface area contributed by atoms with Gasteiger partial charge in [0.1, 0.15) is 0 Å². The first-order valence-electron chi connectivity index (χ1n) is 8.95. The van der Waals surface area contributed by atoms with Gasteiger partial charge in [-0.3, -0.25) is 4.90 Å². The van der Waals surface area contributed by atoms with Crippen LogP contribution in [0.15, 0.2) is 24.3 Å². The molecule has 1 aliphatic heterocycles. The van der Waals surface area contributed by atoms with Gasteiger partial charge < -0.3 is 10.2 Å². The number of urea groups is 1. The van der Waals surface area contributed by atoms with E-state index < -0.39 is 0 Å². The van der Waals surface area contributed by atoms with E-state index in [1.165, 1.54) is 18.4 Å². The molecule has 1 aliphatic rings. The molecule has 0 saturated carbocycles. The fraction of sp³-hybridized carbons (Fsp3) is 0.632. The molecule has 4 nitrogen and oxygen atoms in total. The highest BCUT2D eigenvalue weighted by Gasteiger charge is 2.34. The number of anilines is 1. The monoisotopic (exact) mass is 317 g/mol. The maximum absolute atomic E-state index is 12.3. The quantitative estimate of drug-likeness (QED) is 0.820. The Kier molecular flexibility index (Phi) is 6.46. The van der Waals surface area contributed by atoms with E-state index in [0.29, 0.717) is 12.0 Å². The third-order valence-corrected chi connectivity index (χ3v) is 4.52. The average molecular weight is 317 g/mol. The Morgan fingerprint density at radius 3 is 2.22 bits per heavy atom. The standard InChI is InChI=1S/C19H31N3O/c1-5-11-21(12-6-2)18-13-22(14-18)19(23)20-17-9-7-16(8-10-17)15(3)4/h7-10,15,18H,5-6,11-14H2,1-4H3,(H,20,23). The molecule has 1 saturated heterocycles. The van der Waals surface area contributed by atoms with Gasteiger partial charge in [-0.2, -0.15) is 0 Å². The lowest BCUT2D eigenvalue weighted by Crippen LogP contribution is -2.62. The van der Waals surface area contributed by atoms with Gasteiger partial charge in [0, 0.05) is 24.8 Å². The van der Waals surface area contributed by atoms with E-state index in [1.54, 1.807) is 0 Å². The van der Waals surface area contributed by atoms with Crippen LogP contribution in [0.25, 0.3) is 0 Å². The maximum Gasteiger partial charge on any atom is 0.321 e. The van der Waals surface area contributed by atoms with E-state index in [9.17, 15) is 4.79 Å². The van der Waals surface area contributed by atoms with Crippen molar-refractivity contribution in [3.63, 3.8) is 0 Å². The van der Waals surface area contributed by atoms with Crippen molar-refractivity contribution in [3.05, 3.63) is 29.8 Å². The van der Waals surface area contributed by atoms with Crippen LogP contribution < -0.4 is 5.32 Å². The highest BCUT2D eigenvalue weighted by molar-refractivity contribution is 5.89. The molecule has 0 atom stereocenters. The number of hydrogen-bond acceptors (Lipinski definition) is 2. The highest BCUT2D eigenvalue weighted by Crippen LogP contribution is 2.20. The van der Waals surface area contributed by atoms with Gasteiger partial charge in [-0.15, -0.1) is 0 Å². The Morgan fingerprint density at radius 1 is 1.17 bits per heavy atom. The lowest BCUT2D eigenvalue weighted by Gasteiger charge is -2.45. The molecule has 0 spiro atoms. The van der Waals surface area contributed by atoms with Gasteiger partial charge in [-0.05, 0) is 49.5 Å². The zero-order valence-corrected chi connectivity index (χ0v) is 15.0. The smallest absolute Gasteiger partial charge is 0.321 e. The summed E-state index contributed by atoms with van der Waals surface area (Å²) in [5, 5.41) is 3.00. The van der Waals surface area contributed by atoms with E-state index in [0.717, 1.165) is 31.9 Å². The Bertz CT molecular complexity index is 486. The minimum absolute atomic E-state index is 0.0199. The number of nitrogens with zero attached hydrogens (tertiary/aromatic N) is 2. The van der Waals surface area contributed by atoms with Crippen molar-refractivity contribution in [1.82, 2.24) is 9.80 Å². The summed E-state index contributed by atoms with van der Waals surface area (Å²) < 4.78 is 0. The van der Waals surface area contributed by atoms with Crippen LogP contribution in [0.5, 0.6) is 0 Å². The molecule has 2 rings (SSSR count). The van der Waals surface area contributed by atoms with Gasteiger partial charge in [-0.25, -0.2) is 4.79 Å². The average Bonchev–Trinajstić information content (AvgIpc) is 2.46. The molecule has 0 bridgehead atoms. The van der Waals surface area contributed by atoms with E-state index in [2.05, 4.69) is 50.0 Å². The predicted octanol–water partition coefficient (Wildman–Crippen LogP) is 4.15. The second kappa shape index (κ2) is 8.34. The van der Waals surface area contributed by atoms with Crippen molar-refractivity contribution in [2.45, 2.75) is 52.5 Å². The van der Waals surface area contributed by atoms with Crippen LogP contribution in [0.3, 0.4) is 0 Å². The summed E-state index contributed by atoms with van der Waals surface area (Å²) in [6.07, 6.45) is 2.34. The maximum atomic E-state index is 12.3. The molecular weight excluding hydrogens is 286 g/mol. The molecule has 23 heavy (non-hydrogen) atoms. The number of nitrogens with one attached hydrogen (secondary N) is 1. The Balaban J connectivity index is 1.81. The first-order chi connectivity index (χ1) is 11.0. The normalized spacial score (nSPS) is 15.1. The fourth-order valence-electron chi connectivity index (χ4n) is 3.06. The van der Waals surface area contributed by atoms with Crippen LogP contribution in [0, 0.1) is 0 Å². The summed E-state index contributed by atoms with van der Waals surface area (Å²) in [5.41, 5.74) is 2.17. The SMILES string of the molecule is CCCN(CCC)C1CN(C(=O)Nc2ccc(C(C)C)cc2)C1. The van der Waals surface area contributed by atoms with Crippen LogP contribution >= 0.6 is 0 Å². The first-order valence-corrected chi connectivity index (χ1v) is 8.95. The molecule has 1 aromatic rings. The van der Waals surface area contributed by atoms with Gasteiger partial charge >= 0.3 is 6.03 Å². The largest absolute Gasteiger partial charge is 0.321 e. The topological polar surface area (TPSA) is 35.6 Å². The van der Waals surface area contributed by atoms with Gasteiger partial charge in [0.15, 0.2) is 0 Å². The number of likely N-dealkylation sites (tertiary alicyclic amines) is 1. The van der Waals surface area contributed by atoms with Gasteiger partial charge in [0.05, 0.1) is 0 Å². The zero-order valence-electron chi connectivity index (χ0n) is 15.0. The minimum atomic E-state index is 0.0199. The van der Waals surface area contributed by atoms with E-state index in [1.807, 2.05) is 17.0 Å². The van der Waals surface area contributed by atoms with Crippen LogP contribution in [-0.4, -0.2) is 48.1 Å². The molecule has 0 aliphatic carbocycles. The van der Waals surface area contributed by atoms with Crippen LogP contribution in [0.2, 0.25) is 0 Å². The molecular formula is C19H31N3O. The predicted molar refractivity (Wildman–Crippen MR) is 97.1 cm³/mol. The molecule has 0 aromatic heterocycles.